The molecule has 0 aliphatic carbocycles. The zero-order valence-electron chi connectivity index (χ0n) is 9.45. The van der Waals surface area contributed by atoms with Crippen LogP contribution in [0.3, 0.4) is 0 Å². The first kappa shape index (κ1) is 12.2. The SMILES string of the molecule is CN(Cc1nnc(Cl)s1)CC1CCCNC1. The highest BCUT2D eigenvalue weighted by Gasteiger charge is 2.15. The Morgan fingerprint density at radius 2 is 2.44 bits per heavy atom. The zero-order valence-corrected chi connectivity index (χ0v) is 11.0. The fourth-order valence-corrected chi connectivity index (χ4v) is 3.06. The van der Waals surface area contributed by atoms with Gasteiger partial charge in [0.15, 0.2) is 0 Å². The predicted molar refractivity (Wildman–Crippen MR) is 66.8 cm³/mol. The summed E-state index contributed by atoms with van der Waals surface area (Å²) in [4.78, 5) is 2.30. The average molecular weight is 261 g/mol. The minimum Gasteiger partial charge on any atom is -0.316 e. The summed E-state index contributed by atoms with van der Waals surface area (Å²) in [5.41, 5.74) is 0. The molecule has 1 saturated heterocycles. The molecule has 2 rings (SSSR count). The summed E-state index contributed by atoms with van der Waals surface area (Å²) < 4.78 is 0.530. The molecule has 0 aromatic carbocycles. The molecule has 0 spiro atoms. The van der Waals surface area contributed by atoms with Crippen molar-refractivity contribution in [1.82, 2.24) is 20.4 Å². The first-order valence-corrected chi connectivity index (χ1v) is 6.80. The Kier molecular flexibility index (Phi) is 4.52. The van der Waals surface area contributed by atoms with Crippen molar-refractivity contribution in [3.05, 3.63) is 9.47 Å². The second-order valence-electron chi connectivity index (χ2n) is 4.36. The van der Waals surface area contributed by atoms with Crippen LogP contribution in [0.15, 0.2) is 0 Å². The van der Waals surface area contributed by atoms with Crippen molar-refractivity contribution >= 4 is 22.9 Å². The van der Waals surface area contributed by atoms with Gasteiger partial charge in [0, 0.05) is 6.54 Å². The molecule has 1 N–H and O–H groups in total. The Morgan fingerprint density at radius 3 is 3.06 bits per heavy atom. The van der Waals surface area contributed by atoms with Gasteiger partial charge in [0.2, 0.25) is 4.47 Å². The first-order valence-electron chi connectivity index (χ1n) is 5.61. The Morgan fingerprint density at radius 1 is 1.56 bits per heavy atom. The minimum atomic E-state index is 0.530. The smallest absolute Gasteiger partial charge is 0.207 e. The maximum atomic E-state index is 5.75. The second kappa shape index (κ2) is 5.91. The van der Waals surface area contributed by atoms with E-state index in [1.165, 1.54) is 30.7 Å². The molecule has 1 atom stereocenters. The lowest BCUT2D eigenvalue weighted by Crippen LogP contribution is -2.36. The maximum absolute atomic E-state index is 5.75. The molecule has 0 saturated carbocycles. The fraction of sp³-hybridized carbons (Fsp3) is 0.800. The van der Waals surface area contributed by atoms with Crippen LogP contribution >= 0.6 is 22.9 Å². The van der Waals surface area contributed by atoms with Gasteiger partial charge in [-0.1, -0.05) is 11.3 Å². The van der Waals surface area contributed by atoms with Gasteiger partial charge in [-0.2, -0.15) is 0 Å². The van der Waals surface area contributed by atoms with E-state index in [-0.39, 0.29) is 0 Å². The molecule has 1 unspecified atom stereocenters. The van der Waals surface area contributed by atoms with E-state index in [9.17, 15) is 0 Å². The molecule has 16 heavy (non-hydrogen) atoms. The van der Waals surface area contributed by atoms with Gasteiger partial charge in [0.25, 0.3) is 0 Å². The van der Waals surface area contributed by atoms with E-state index in [2.05, 4.69) is 27.5 Å². The molecule has 0 radical (unpaired) electrons. The topological polar surface area (TPSA) is 41.1 Å². The van der Waals surface area contributed by atoms with Crippen LogP contribution in [0.5, 0.6) is 0 Å². The van der Waals surface area contributed by atoms with Crippen LogP contribution in [0.1, 0.15) is 17.8 Å². The number of hydrogen-bond donors (Lipinski definition) is 1. The lowest BCUT2D eigenvalue weighted by atomic mass is 9.99. The van der Waals surface area contributed by atoms with Gasteiger partial charge in [0.1, 0.15) is 5.01 Å². The summed E-state index contributed by atoms with van der Waals surface area (Å²) >= 11 is 7.22. The molecule has 0 bridgehead atoms. The Labute approximate surface area is 105 Å². The Hall–Kier alpha value is -0.230. The highest BCUT2D eigenvalue weighted by Crippen LogP contribution is 2.17. The molecule has 1 aromatic heterocycles. The quantitative estimate of drug-likeness (QED) is 0.893. The highest BCUT2D eigenvalue weighted by atomic mass is 35.5. The number of nitrogens with zero attached hydrogens (tertiary/aromatic N) is 3. The standard InChI is InChI=1S/C10H17ClN4S/c1-15(6-8-3-2-4-12-5-8)7-9-13-14-10(11)16-9/h8,12H,2-7H2,1H3. The van der Waals surface area contributed by atoms with Gasteiger partial charge < -0.3 is 5.32 Å². The van der Waals surface area contributed by atoms with E-state index in [1.807, 2.05) is 0 Å². The molecule has 4 nitrogen and oxygen atoms in total. The van der Waals surface area contributed by atoms with Gasteiger partial charge in [0.05, 0.1) is 6.54 Å². The minimum absolute atomic E-state index is 0.530. The van der Waals surface area contributed by atoms with Crippen LogP contribution in [0, 0.1) is 5.92 Å². The summed E-state index contributed by atoms with van der Waals surface area (Å²) in [6.07, 6.45) is 2.62. The van der Waals surface area contributed by atoms with Crippen molar-refractivity contribution in [3.63, 3.8) is 0 Å². The van der Waals surface area contributed by atoms with Crippen molar-refractivity contribution in [2.24, 2.45) is 5.92 Å². The summed E-state index contributed by atoms with van der Waals surface area (Å²) in [5.74, 6) is 0.766. The number of halogens is 1. The van der Waals surface area contributed by atoms with Gasteiger partial charge in [-0.15, -0.1) is 10.2 Å². The second-order valence-corrected chi connectivity index (χ2v) is 6.00. The van der Waals surface area contributed by atoms with Crippen LogP contribution < -0.4 is 5.32 Å². The monoisotopic (exact) mass is 260 g/mol. The average Bonchev–Trinajstić information content (AvgIpc) is 2.65. The first-order chi connectivity index (χ1) is 7.74. The summed E-state index contributed by atoms with van der Waals surface area (Å²) in [6.45, 7) is 4.28. The summed E-state index contributed by atoms with van der Waals surface area (Å²) in [6, 6.07) is 0. The zero-order chi connectivity index (χ0) is 11.4. The number of hydrogen-bond acceptors (Lipinski definition) is 5. The third-order valence-electron chi connectivity index (χ3n) is 2.82. The molecule has 1 fully saturated rings. The van der Waals surface area contributed by atoms with Gasteiger partial charge in [-0.05, 0) is 50.5 Å². The molecular weight excluding hydrogens is 244 g/mol. The van der Waals surface area contributed by atoms with E-state index in [0.29, 0.717) is 4.47 Å². The summed E-state index contributed by atoms with van der Waals surface area (Å²) in [5, 5.41) is 12.3. The van der Waals surface area contributed by atoms with E-state index in [0.717, 1.165) is 30.6 Å². The lowest BCUT2D eigenvalue weighted by Gasteiger charge is -2.26. The number of nitrogens with one attached hydrogen (secondary N) is 1. The van der Waals surface area contributed by atoms with Crippen LogP contribution in [0.2, 0.25) is 4.47 Å². The molecular formula is C10H17ClN4S. The van der Waals surface area contributed by atoms with Gasteiger partial charge in [-0.25, -0.2) is 0 Å². The Balaban J connectivity index is 1.77. The van der Waals surface area contributed by atoms with Crippen LogP contribution in [0.25, 0.3) is 0 Å². The molecule has 2 heterocycles. The van der Waals surface area contributed by atoms with Crippen LogP contribution in [-0.4, -0.2) is 41.8 Å². The van der Waals surface area contributed by atoms with E-state index < -0.39 is 0 Å². The largest absolute Gasteiger partial charge is 0.316 e. The maximum Gasteiger partial charge on any atom is 0.207 e. The molecule has 6 heteroatoms. The summed E-state index contributed by atoms with van der Waals surface area (Å²) in [7, 11) is 2.13. The number of aromatic nitrogens is 2. The van der Waals surface area contributed by atoms with Crippen LogP contribution in [0.4, 0.5) is 0 Å². The highest BCUT2D eigenvalue weighted by molar-refractivity contribution is 7.15. The van der Waals surface area contributed by atoms with Crippen molar-refractivity contribution in [1.29, 1.82) is 0 Å². The van der Waals surface area contributed by atoms with Crippen molar-refractivity contribution < 1.29 is 0 Å². The van der Waals surface area contributed by atoms with Crippen molar-refractivity contribution in [2.45, 2.75) is 19.4 Å². The van der Waals surface area contributed by atoms with Crippen LogP contribution in [-0.2, 0) is 6.54 Å². The fourth-order valence-electron chi connectivity index (χ4n) is 2.11. The van der Waals surface area contributed by atoms with Crippen molar-refractivity contribution in [3.8, 4) is 0 Å². The van der Waals surface area contributed by atoms with E-state index in [4.69, 9.17) is 11.6 Å². The lowest BCUT2D eigenvalue weighted by molar-refractivity contribution is 0.237. The normalized spacial score (nSPS) is 21.6. The third kappa shape index (κ3) is 3.66. The predicted octanol–water partition coefficient (Wildman–Crippen LogP) is 1.62. The molecule has 1 aliphatic rings. The molecule has 0 amide bonds. The number of rotatable bonds is 4. The van der Waals surface area contributed by atoms with Crippen molar-refractivity contribution in [2.75, 3.05) is 26.7 Å². The molecule has 1 aliphatic heterocycles. The van der Waals surface area contributed by atoms with Gasteiger partial charge >= 0.3 is 0 Å². The van der Waals surface area contributed by atoms with Gasteiger partial charge in [-0.3, -0.25) is 4.90 Å². The number of piperidine rings is 1. The molecule has 1 aromatic rings. The Bertz CT molecular complexity index is 324. The third-order valence-corrected chi connectivity index (χ3v) is 3.82. The molecule has 90 valence electrons. The van der Waals surface area contributed by atoms with E-state index in [1.54, 1.807) is 0 Å². The van der Waals surface area contributed by atoms with E-state index >= 15 is 0 Å².